The average Bonchev–Trinajstić information content (AvgIpc) is 3.90. The molecule has 0 N–H and O–H groups in total. The molecule has 0 aliphatic rings. The molecule has 5 nitrogen and oxygen atoms in total. The number of anilines is 3. The molecule has 0 fully saturated rings. The molecule has 50 heavy (non-hydrogen) atoms. The van der Waals surface area contributed by atoms with Crippen molar-refractivity contribution in [1.82, 2.24) is 4.98 Å². The zero-order valence-electron chi connectivity index (χ0n) is 26.6. The Balaban J connectivity index is 1.09. The molecular formula is C45H26N2O3. The van der Waals surface area contributed by atoms with Crippen molar-refractivity contribution in [3.05, 3.63) is 158 Å². The van der Waals surface area contributed by atoms with E-state index in [2.05, 4.69) is 126 Å². The highest BCUT2D eigenvalue weighted by atomic mass is 16.4. The molecule has 3 aromatic heterocycles. The van der Waals surface area contributed by atoms with Gasteiger partial charge in [-0.1, -0.05) is 91.0 Å². The van der Waals surface area contributed by atoms with Gasteiger partial charge in [-0.3, -0.25) is 0 Å². The molecular weight excluding hydrogens is 617 g/mol. The normalized spacial score (nSPS) is 12.0. The first kappa shape index (κ1) is 27.1. The number of para-hydroxylation sites is 2. The maximum Gasteiger partial charge on any atom is 0.227 e. The van der Waals surface area contributed by atoms with Gasteiger partial charge < -0.3 is 18.2 Å². The molecule has 0 aliphatic heterocycles. The Kier molecular flexibility index (Phi) is 5.60. The van der Waals surface area contributed by atoms with Gasteiger partial charge in [0, 0.05) is 54.8 Å². The van der Waals surface area contributed by atoms with Crippen LogP contribution in [-0.4, -0.2) is 4.98 Å². The quantitative estimate of drug-likeness (QED) is 0.175. The monoisotopic (exact) mass is 642 g/mol. The molecule has 0 saturated carbocycles. The maximum absolute atomic E-state index is 6.59. The van der Waals surface area contributed by atoms with Crippen molar-refractivity contribution in [2.45, 2.75) is 0 Å². The highest BCUT2D eigenvalue weighted by molar-refractivity contribution is 6.31. The molecule has 0 saturated heterocycles. The molecule has 0 aliphatic carbocycles. The van der Waals surface area contributed by atoms with Crippen LogP contribution in [0.3, 0.4) is 0 Å². The Morgan fingerprint density at radius 1 is 0.420 bits per heavy atom. The van der Waals surface area contributed by atoms with Gasteiger partial charge >= 0.3 is 0 Å². The zero-order valence-corrected chi connectivity index (χ0v) is 26.6. The third kappa shape index (κ3) is 3.92. The number of benzene rings is 8. The molecule has 5 heteroatoms. The fourth-order valence-electron chi connectivity index (χ4n) is 7.63. The van der Waals surface area contributed by atoms with E-state index in [9.17, 15) is 0 Å². The number of oxazole rings is 1. The van der Waals surface area contributed by atoms with Crippen molar-refractivity contribution in [3.63, 3.8) is 0 Å². The predicted octanol–water partition coefficient (Wildman–Crippen LogP) is 13.0. The Labute approximate surface area is 285 Å². The van der Waals surface area contributed by atoms with Crippen molar-refractivity contribution in [3.8, 4) is 22.6 Å². The van der Waals surface area contributed by atoms with Gasteiger partial charge in [0.25, 0.3) is 0 Å². The second-order valence-corrected chi connectivity index (χ2v) is 12.7. The van der Waals surface area contributed by atoms with Crippen LogP contribution in [0.2, 0.25) is 0 Å². The van der Waals surface area contributed by atoms with E-state index in [4.69, 9.17) is 18.2 Å². The van der Waals surface area contributed by atoms with Gasteiger partial charge in [0.05, 0.1) is 5.69 Å². The van der Waals surface area contributed by atoms with Crippen LogP contribution in [0.4, 0.5) is 17.1 Å². The van der Waals surface area contributed by atoms with Crippen molar-refractivity contribution in [1.29, 1.82) is 0 Å². The first-order valence-corrected chi connectivity index (χ1v) is 16.7. The van der Waals surface area contributed by atoms with Crippen LogP contribution < -0.4 is 4.90 Å². The van der Waals surface area contributed by atoms with E-state index in [-0.39, 0.29) is 0 Å². The summed E-state index contributed by atoms with van der Waals surface area (Å²) in [7, 11) is 0. The molecule has 8 aromatic carbocycles. The van der Waals surface area contributed by atoms with E-state index in [0.29, 0.717) is 5.89 Å². The minimum Gasteiger partial charge on any atom is -0.456 e. The largest absolute Gasteiger partial charge is 0.456 e. The van der Waals surface area contributed by atoms with Crippen molar-refractivity contribution in [2.75, 3.05) is 4.90 Å². The number of aromatic nitrogens is 1. The molecule has 0 amide bonds. The van der Waals surface area contributed by atoms with Crippen molar-refractivity contribution >= 4 is 82.8 Å². The summed E-state index contributed by atoms with van der Waals surface area (Å²) in [4.78, 5) is 7.40. The van der Waals surface area contributed by atoms with Gasteiger partial charge in [0.1, 0.15) is 27.8 Å². The zero-order chi connectivity index (χ0) is 32.8. The second-order valence-electron chi connectivity index (χ2n) is 12.7. The van der Waals surface area contributed by atoms with E-state index < -0.39 is 0 Å². The van der Waals surface area contributed by atoms with E-state index in [1.54, 1.807) is 0 Å². The minimum absolute atomic E-state index is 0.583. The first-order valence-electron chi connectivity index (χ1n) is 16.7. The number of rotatable bonds is 5. The summed E-state index contributed by atoms with van der Waals surface area (Å²) >= 11 is 0. The molecule has 0 unspecified atom stereocenters. The molecule has 11 aromatic rings. The minimum atomic E-state index is 0.583. The summed E-state index contributed by atoms with van der Waals surface area (Å²) in [6, 6.07) is 54.4. The highest BCUT2D eigenvalue weighted by Gasteiger charge is 2.22. The molecule has 0 bridgehead atoms. The number of hydrogen-bond donors (Lipinski definition) is 0. The molecule has 234 valence electrons. The van der Waals surface area contributed by atoms with Gasteiger partial charge in [0.2, 0.25) is 5.89 Å². The predicted molar refractivity (Wildman–Crippen MR) is 203 cm³/mol. The van der Waals surface area contributed by atoms with Crippen LogP contribution >= 0.6 is 0 Å². The van der Waals surface area contributed by atoms with Crippen molar-refractivity contribution in [2.24, 2.45) is 0 Å². The van der Waals surface area contributed by atoms with Gasteiger partial charge in [-0.25, -0.2) is 4.98 Å². The topological polar surface area (TPSA) is 55.6 Å². The Morgan fingerprint density at radius 2 is 1.06 bits per heavy atom. The summed E-state index contributed by atoms with van der Waals surface area (Å²) in [5.41, 5.74) is 11.4. The van der Waals surface area contributed by atoms with Crippen LogP contribution in [-0.2, 0) is 0 Å². The maximum atomic E-state index is 6.59. The third-order valence-corrected chi connectivity index (χ3v) is 9.87. The van der Waals surface area contributed by atoms with Crippen LogP contribution in [0.25, 0.3) is 88.3 Å². The summed E-state index contributed by atoms with van der Waals surface area (Å²) in [6.07, 6.45) is 0. The average molecular weight is 643 g/mol. The number of nitrogens with zero attached hydrogens (tertiary/aromatic N) is 2. The molecule has 11 rings (SSSR count). The first-order chi connectivity index (χ1) is 24.8. The lowest BCUT2D eigenvalue weighted by Gasteiger charge is -2.28. The van der Waals surface area contributed by atoms with E-state index in [0.717, 1.165) is 99.5 Å². The molecule has 0 spiro atoms. The van der Waals surface area contributed by atoms with E-state index >= 15 is 0 Å². The van der Waals surface area contributed by atoms with Crippen LogP contribution in [0.1, 0.15) is 0 Å². The Morgan fingerprint density at radius 3 is 1.92 bits per heavy atom. The van der Waals surface area contributed by atoms with Crippen molar-refractivity contribution < 1.29 is 13.3 Å². The number of furan rings is 2. The Hall–Kier alpha value is -6.85. The second kappa shape index (κ2) is 10.3. The van der Waals surface area contributed by atoms with Gasteiger partial charge in [0.15, 0.2) is 5.58 Å². The lowest BCUT2D eigenvalue weighted by Crippen LogP contribution is -2.11. The van der Waals surface area contributed by atoms with Crippen LogP contribution in [0.15, 0.2) is 171 Å². The fourth-order valence-corrected chi connectivity index (χ4v) is 7.63. The summed E-state index contributed by atoms with van der Waals surface area (Å²) in [6.45, 7) is 0. The lowest BCUT2D eigenvalue weighted by atomic mass is 10.0. The molecule has 0 atom stereocenters. The number of hydrogen-bond acceptors (Lipinski definition) is 5. The lowest BCUT2D eigenvalue weighted by molar-refractivity contribution is 0.623. The van der Waals surface area contributed by atoms with Crippen LogP contribution in [0.5, 0.6) is 0 Å². The van der Waals surface area contributed by atoms with Gasteiger partial charge in [-0.05, 0) is 72.3 Å². The van der Waals surface area contributed by atoms with Gasteiger partial charge in [-0.15, -0.1) is 0 Å². The van der Waals surface area contributed by atoms with E-state index in [1.165, 1.54) is 0 Å². The smallest absolute Gasteiger partial charge is 0.227 e. The van der Waals surface area contributed by atoms with Gasteiger partial charge in [-0.2, -0.15) is 0 Å². The number of fused-ring (bicyclic) bond motifs is 6. The standard InChI is InChI=1S/C45H26N2O3/c1-2-10-27(11-3-1)31-12-4-6-16-36(31)47(30-24-25-38-35(26-30)32-13-5-7-17-37(32)48-38)29-22-20-28(21-23-29)45-46-43-33-14-8-18-39-41(33)42-34(44(43)50-45)15-9-19-40(42)49-39/h1-26H. The highest BCUT2D eigenvalue weighted by Crippen LogP contribution is 2.45. The molecule has 3 heterocycles. The SMILES string of the molecule is c1ccc(-c2ccccc2N(c2ccc(-c3nc4c5cccc6oc7cccc(c4o3)c7c65)cc2)c2ccc3oc4ccccc4c3c2)cc1. The third-order valence-electron chi connectivity index (χ3n) is 9.87. The van der Waals surface area contributed by atoms with E-state index in [1.807, 2.05) is 36.4 Å². The Bertz CT molecular complexity index is 2960. The fraction of sp³-hybridized carbons (Fsp3) is 0. The molecule has 0 radical (unpaired) electrons. The summed E-state index contributed by atoms with van der Waals surface area (Å²) in [5.74, 6) is 0.583. The van der Waals surface area contributed by atoms with Crippen LogP contribution in [0, 0.1) is 0 Å². The summed E-state index contributed by atoms with van der Waals surface area (Å²) < 4.78 is 19.0. The summed E-state index contributed by atoms with van der Waals surface area (Å²) in [5, 5.41) is 6.39.